The topological polar surface area (TPSA) is 46.5 Å². The number of rotatable bonds is 2. The van der Waals surface area contributed by atoms with E-state index in [0.717, 1.165) is 32.1 Å². The summed E-state index contributed by atoms with van der Waals surface area (Å²) in [5.41, 5.74) is -0.635. The van der Waals surface area contributed by atoms with E-state index in [2.05, 4.69) is 34.3 Å². The molecule has 0 spiro atoms. The Balaban J connectivity index is 2.06. The molecular weight excluding hydrogens is 312 g/mol. The summed E-state index contributed by atoms with van der Waals surface area (Å²) in [6, 6.07) is 0. The first-order chi connectivity index (χ1) is 11.5. The van der Waals surface area contributed by atoms with E-state index in [1.165, 1.54) is 19.8 Å². The van der Waals surface area contributed by atoms with Crippen LogP contribution in [0.3, 0.4) is 0 Å². The molecule has 1 N–H and O–H groups in total. The molecule has 0 amide bonds. The fourth-order valence-corrected chi connectivity index (χ4v) is 7.22. The van der Waals surface area contributed by atoms with E-state index in [-0.39, 0.29) is 34.2 Å². The van der Waals surface area contributed by atoms with Crippen LogP contribution in [0.4, 0.5) is 0 Å². The van der Waals surface area contributed by atoms with E-state index in [1.807, 2.05) is 6.08 Å². The average molecular weight is 349 g/mol. The van der Waals surface area contributed by atoms with E-state index >= 15 is 0 Å². The number of hydrogen-bond donors (Lipinski definition) is 1. The minimum atomic E-state index is -0.764. The molecule has 0 aliphatic heterocycles. The molecule has 3 nitrogen and oxygen atoms in total. The lowest BCUT2D eigenvalue weighted by atomic mass is 9.41. The monoisotopic (exact) mass is 348 g/mol. The van der Waals surface area contributed by atoms with Gasteiger partial charge in [0.1, 0.15) is 6.10 Å². The zero-order chi connectivity index (χ0) is 18.7. The zero-order valence-electron chi connectivity index (χ0n) is 16.7. The molecule has 0 heterocycles. The molecule has 0 aromatic carbocycles. The van der Waals surface area contributed by atoms with Gasteiger partial charge >= 0.3 is 5.97 Å². The first-order valence-electron chi connectivity index (χ1n) is 9.99. The van der Waals surface area contributed by atoms with Crippen LogP contribution in [-0.2, 0) is 9.53 Å². The fourth-order valence-electron chi connectivity index (χ4n) is 7.22. The van der Waals surface area contributed by atoms with Crippen LogP contribution >= 0.6 is 0 Å². The summed E-state index contributed by atoms with van der Waals surface area (Å²) in [5.74, 6) is 0.363. The van der Waals surface area contributed by atoms with Gasteiger partial charge in [-0.15, -0.1) is 6.58 Å². The number of carbonyl (C=O) groups excluding carboxylic acids is 1. The molecule has 0 unspecified atom stereocenters. The standard InChI is InChI=1S/C22H36O3/c1-7-20(5)13-16(25-15(2)23)18-21(6)11-8-10-19(3,4)17(21)9-12-22(18,24)14-20/h7,16-18,24H,1,8-14H2,2-6H3/t16-,17+,18-,20+,21+,22-/m1/s1. The van der Waals surface area contributed by atoms with Gasteiger partial charge in [0.15, 0.2) is 0 Å². The Labute approximate surface area is 153 Å². The van der Waals surface area contributed by atoms with Gasteiger partial charge in [0.25, 0.3) is 0 Å². The summed E-state index contributed by atoms with van der Waals surface area (Å²) in [6.07, 6.45) is 8.67. The molecule has 3 heteroatoms. The van der Waals surface area contributed by atoms with Crippen LogP contribution in [0.25, 0.3) is 0 Å². The van der Waals surface area contributed by atoms with Crippen molar-refractivity contribution in [2.45, 2.75) is 91.3 Å². The Morgan fingerprint density at radius 3 is 2.48 bits per heavy atom. The third kappa shape index (κ3) is 2.97. The van der Waals surface area contributed by atoms with Crippen LogP contribution in [0.15, 0.2) is 12.7 Å². The zero-order valence-corrected chi connectivity index (χ0v) is 16.7. The lowest BCUT2D eigenvalue weighted by Crippen LogP contribution is -2.66. The smallest absolute Gasteiger partial charge is 0.302 e. The highest BCUT2D eigenvalue weighted by atomic mass is 16.5. The van der Waals surface area contributed by atoms with Crippen LogP contribution in [-0.4, -0.2) is 22.8 Å². The molecule has 0 saturated heterocycles. The maximum absolute atomic E-state index is 11.9. The second kappa shape index (κ2) is 5.84. The maximum Gasteiger partial charge on any atom is 0.302 e. The second-order valence-corrected chi connectivity index (χ2v) is 10.4. The maximum atomic E-state index is 11.9. The highest BCUT2D eigenvalue weighted by Crippen LogP contribution is 2.66. The van der Waals surface area contributed by atoms with Crippen molar-refractivity contribution in [2.24, 2.45) is 28.1 Å². The Kier molecular flexibility index (Phi) is 4.42. The SMILES string of the molecule is C=C[C@@]1(C)C[C@@H](OC(C)=O)[C@H]2[C@@](O)(CC[C@H]3C(C)(C)CCC[C@@]32C)C1. The molecule has 25 heavy (non-hydrogen) atoms. The number of allylic oxidation sites excluding steroid dienone is 1. The largest absolute Gasteiger partial charge is 0.462 e. The fraction of sp³-hybridized carbons (Fsp3) is 0.864. The van der Waals surface area contributed by atoms with Crippen molar-refractivity contribution in [3.63, 3.8) is 0 Å². The molecule has 3 saturated carbocycles. The number of hydrogen-bond acceptors (Lipinski definition) is 3. The van der Waals surface area contributed by atoms with Gasteiger partial charge in [0, 0.05) is 12.8 Å². The Morgan fingerprint density at radius 1 is 1.20 bits per heavy atom. The lowest BCUT2D eigenvalue weighted by molar-refractivity contribution is -0.243. The normalized spacial score (nSPS) is 48.8. The van der Waals surface area contributed by atoms with Crippen molar-refractivity contribution in [2.75, 3.05) is 0 Å². The molecule has 3 aliphatic carbocycles. The molecule has 142 valence electrons. The van der Waals surface area contributed by atoms with Gasteiger partial charge in [0.05, 0.1) is 5.60 Å². The molecule has 0 aromatic rings. The average Bonchev–Trinajstić information content (AvgIpc) is 2.43. The van der Waals surface area contributed by atoms with Crippen molar-refractivity contribution in [1.82, 2.24) is 0 Å². The summed E-state index contributed by atoms with van der Waals surface area (Å²) >= 11 is 0. The van der Waals surface area contributed by atoms with Crippen LogP contribution in [0.5, 0.6) is 0 Å². The first-order valence-corrected chi connectivity index (χ1v) is 9.99. The minimum absolute atomic E-state index is 0.0234. The quantitative estimate of drug-likeness (QED) is 0.571. The summed E-state index contributed by atoms with van der Waals surface area (Å²) in [6.45, 7) is 14.8. The minimum Gasteiger partial charge on any atom is -0.462 e. The number of fused-ring (bicyclic) bond motifs is 3. The van der Waals surface area contributed by atoms with Gasteiger partial charge in [-0.1, -0.05) is 40.2 Å². The van der Waals surface area contributed by atoms with Crippen molar-refractivity contribution >= 4 is 5.97 Å². The molecular formula is C22H36O3. The molecule has 0 aromatic heterocycles. The molecule has 0 bridgehead atoms. The summed E-state index contributed by atoms with van der Waals surface area (Å²) < 4.78 is 5.86. The van der Waals surface area contributed by atoms with E-state index in [1.54, 1.807) is 0 Å². The van der Waals surface area contributed by atoms with E-state index < -0.39 is 5.60 Å². The third-order valence-electron chi connectivity index (χ3n) is 7.99. The Morgan fingerprint density at radius 2 is 1.88 bits per heavy atom. The van der Waals surface area contributed by atoms with Gasteiger partial charge in [0.2, 0.25) is 0 Å². The molecule has 3 aliphatic rings. The third-order valence-corrected chi connectivity index (χ3v) is 7.99. The van der Waals surface area contributed by atoms with E-state index in [9.17, 15) is 9.90 Å². The van der Waals surface area contributed by atoms with Crippen molar-refractivity contribution < 1.29 is 14.6 Å². The second-order valence-electron chi connectivity index (χ2n) is 10.4. The van der Waals surface area contributed by atoms with Gasteiger partial charge in [-0.2, -0.15) is 0 Å². The van der Waals surface area contributed by atoms with Gasteiger partial charge in [-0.05, 0) is 60.7 Å². The highest BCUT2D eigenvalue weighted by molar-refractivity contribution is 5.66. The van der Waals surface area contributed by atoms with Crippen molar-refractivity contribution in [1.29, 1.82) is 0 Å². The van der Waals surface area contributed by atoms with Crippen LogP contribution < -0.4 is 0 Å². The van der Waals surface area contributed by atoms with Crippen LogP contribution in [0.1, 0.15) is 79.6 Å². The summed E-state index contributed by atoms with van der Waals surface area (Å²) in [5, 5.41) is 11.8. The molecule has 3 fully saturated rings. The first kappa shape index (κ1) is 18.9. The molecule has 0 radical (unpaired) electrons. The molecule has 3 rings (SSSR count). The Hall–Kier alpha value is -0.830. The van der Waals surface area contributed by atoms with E-state index in [4.69, 9.17) is 4.74 Å². The predicted molar refractivity (Wildman–Crippen MR) is 100.0 cm³/mol. The Bertz CT molecular complexity index is 568. The van der Waals surface area contributed by atoms with Crippen LogP contribution in [0, 0.1) is 28.1 Å². The summed E-state index contributed by atoms with van der Waals surface area (Å²) in [4.78, 5) is 11.9. The van der Waals surface area contributed by atoms with E-state index in [0.29, 0.717) is 5.92 Å². The lowest BCUT2D eigenvalue weighted by Gasteiger charge is -2.65. The number of ether oxygens (including phenoxy) is 1. The highest BCUT2D eigenvalue weighted by Gasteiger charge is 2.65. The number of carbonyl (C=O) groups is 1. The van der Waals surface area contributed by atoms with Gasteiger partial charge < -0.3 is 9.84 Å². The number of esters is 1. The van der Waals surface area contributed by atoms with Gasteiger partial charge in [-0.25, -0.2) is 0 Å². The van der Waals surface area contributed by atoms with Crippen molar-refractivity contribution in [3.8, 4) is 0 Å². The van der Waals surface area contributed by atoms with Crippen molar-refractivity contribution in [3.05, 3.63) is 12.7 Å². The predicted octanol–water partition coefficient (Wildman–Crippen LogP) is 4.88. The number of aliphatic hydroxyl groups is 1. The summed E-state index contributed by atoms with van der Waals surface area (Å²) in [7, 11) is 0. The van der Waals surface area contributed by atoms with Gasteiger partial charge in [-0.3, -0.25) is 4.79 Å². The van der Waals surface area contributed by atoms with Crippen LogP contribution in [0.2, 0.25) is 0 Å². The molecule has 6 atom stereocenters.